The Labute approximate surface area is 650 Å². The molecule has 39 nitrogen and oxygen atoms in total. The van der Waals surface area contributed by atoms with Crippen LogP contribution in [0.4, 0.5) is 10.8 Å². The number of halogens is 1. The minimum absolute atomic E-state index is 0.0165. The molecule has 0 spiro atoms. The number of nitrogens with one attached hydrogen (secondary N) is 5. The summed E-state index contributed by atoms with van der Waals surface area (Å²) in [5, 5.41) is 54.1. The molecule has 0 unspecified atom stereocenters. The van der Waals surface area contributed by atoms with E-state index in [2.05, 4.69) is 52.1 Å². The van der Waals surface area contributed by atoms with Crippen LogP contribution in [0.15, 0.2) is 51.5 Å². The monoisotopic (exact) mass is 1640 g/mol. The lowest BCUT2D eigenvalue weighted by atomic mass is 9.78. The van der Waals surface area contributed by atoms with Gasteiger partial charge in [0.15, 0.2) is 12.2 Å². The number of methoxy groups -OCH3 is 2. The molecule has 2 fully saturated rings. The van der Waals surface area contributed by atoms with Crippen LogP contribution >= 0.6 is 44.5 Å². The number of hydrogen-bond acceptors (Lipinski definition) is 30. The highest BCUT2D eigenvalue weighted by Gasteiger charge is 2.64. The quantitative estimate of drug-likeness (QED) is 0.00348. The predicted octanol–water partition coefficient (Wildman–Crippen LogP) is 0.229. The van der Waals surface area contributed by atoms with Gasteiger partial charge >= 0.3 is 17.9 Å². The van der Waals surface area contributed by atoms with Gasteiger partial charge in [-0.3, -0.25) is 62.4 Å². The highest BCUT2D eigenvalue weighted by Crippen LogP contribution is 2.50. The smallest absolute Gasteiger partial charge is 0.328 e. The van der Waals surface area contributed by atoms with E-state index < -0.39 is 165 Å². The van der Waals surface area contributed by atoms with Gasteiger partial charge in [0.25, 0.3) is 23.0 Å². The minimum atomic E-state index is -4.08. The number of nitrogens with two attached hydrogens (primary N) is 3. The summed E-state index contributed by atoms with van der Waals surface area (Å²) >= 11 is 7.45. The molecule has 4 bridgehead atoms. The van der Waals surface area contributed by atoms with Crippen LogP contribution in [-0.2, 0) is 115 Å². The van der Waals surface area contributed by atoms with Crippen molar-refractivity contribution in [2.45, 2.75) is 194 Å². The number of esters is 2. The highest BCUT2D eigenvalue weighted by atomic mass is 35.5. The Bertz CT molecular complexity index is 4000. The Morgan fingerprint density at radius 3 is 2.33 bits per heavy atom. The van der Waals surface area contributed by atoms with Gasteiger partial charge in [0.05, 0.1) is 49.6 Å². The van der Waals surface area contributed by atoms with Crippen LogP contribution in [0.5, 0.6) is 5.75 Å². The molecule has 12 atom stereocenters. The predicted molar refractivity (Wildman–Crippen MR) is 397 cm³/mol. The number of carbonyl (C=O) groups is 12. The zero-order chi connectivity index (χ0) is 81.2. The molecular formula is C66H93ClN16O23S4. The summed E-state index contributed by atoms with van der Waals surface area (Å²) in [4.78, 5) is 165. The van der Waals surface area contributed by atoms with Crippen LogP contribution in [-0.4, -0.2) is 246 Å². The molecule has 5 heterocycles. The van der Waals surface area contributed by atoms with Gasteiger partial charge in [-0.15, -0.1) is 15.3 Å². The number of primary sulfonamides is 1. The molecule has 0 saturated carbocycles. The third kappa shape index (κ3) is 27.1. The number of carbonyl (C=O) groups excluding carboxylic acids is 11. The lowest BCUT2D eigenvalue weighted by Crippen LogP contribution is -2.58. The molecule has 606 valence electrons. The number of aliphatic imine (C=N–C) groups is 1. The number of allylic oxidation sites excluding steroid dienone is 3. The molecule has 2 saturated heterocycles. The van der Waals surface area contributed by atoms with Crippen molar-refractivity contribution < 1.29 is 109 Å². The van der Waals surface area contributed by atoms with Gasteiger partial charge in [0.2, 0.25) is 50.8 Å². The number of fused-ring (bicyclic) bond motifs is 5. The van der Waals surface area contributed by atoms with Crippen molar-refractivity contribution in [2.24, 2.45) is 27.5 Å². The van der Waals surface area contributed by atoms with E-state index in [4.69, 9.17) is 61.4 Å². The van der Waals surface area contributed by atoms with E-state index in [0.29, 0.717) is 54.9 Å². The Balaban J connectivity index is 1.02. The van der Waals surface area contributed by atoms with Crippen molar-refractivity contribution in [1.29, 1.82) is 0 Å². The fraction of sp³-hybridized carbons (Fsp3) is 0.591. The number of ether oxygens (including phenoxy) is 7. The number of likely N-dealkylation sites (N-methyl/N-ethyl adjacent to an activating group) is 1. The zero-order valence-corrected chi connectivity index (χ0v) is 65.6. The van der Waals surface area contributed by atoms with Gasteiger partial charge in [-0.05, 0) is 83.4 Å². The van der Waals surface area contributed by atoms with Crippen molar-refractivity contribution in [1.82, 2.24) is 51.4 Å². The first-order valence-electron chi connectivity index (χ1n) is 34.5. The first-order chi connectivity index (χ1) is 52.0. The number of aryl methyl sites for hydroxylation is 2. The maximum Gasteiger partial charge on any atom is 0.328 e. The molecule has 3 aromatic rings. The molecule has 7 amide bonds. The summed E-state index contributed by atoms with van der Waals surface area (Å²) in [6.07, 6.45) is 0.794. The number of aromatic nitrogens is 5. The molecule has 44 heteroatoms. The number of anilines is 2. The van der Waals surface area contributed by atoms with Crippen LogP contribution in [0.3, 0.4) is 0 Å². The molecule has 1 aromatic carbocycles. The summed E-state index contributed by atoms with van der Waals surface area (Å²) in [5.74, 6) is -9.31. The SMILES string of the molecule is COc1cc2cc(c1Cl)N(C)C(=O)C[C@H](OC(=O)[C@H](C)N(C)C(=O)CCSSC[C@H](NC(=O)[C@H](COC=O)NC(=O)[C@H](CCCN=C(N)N)NC(=O)[C@H](CC(=O)O)NC(=O)CCCCn1cc(CCCC(=O)Nc3nnc(S(N)(=O)=O)s3)nn1)OC=O)[C@@]1(C)O[C@H]1[C@H](C)[C@@H]1C[C@@](O)(CC(=O)O1)[C@H](OC)/C=C/C=C(\C)C2. The number of carboxylic acids is 1. The largest absolute Gasteiger partial charge is 0.495 e. The second-order valence-electron chi connectivity index (χ2n) is 26.3. The van der Waals surface area contributed by atoms with Gasteiger partial charge in [-0.25, -0.2) is 18.4 Å². The molecule has 3 aliphatic rings. The number of sulfonamides is 1. The Morgan fingerprint density at radius 1 is 0.945 bits per heavy atom. The Morgan fingerprint density at radius 2 is 1.65 bits per heavy atom. The number of aliphatic hydroxyl groups is 1. The Hall–Kier alpha value is -9.11. The van der Waals surface area contributed by atoms with Crippen molar-refractivity contribution in [2.75, 3.05) is 63.2 Å². The maximum absolute atomic E-state index is 14.5. The van der Waals surface area contributed by atoms with E-state index in [0.717, 1.165) is 37.6 Å². The number of carboxylic acid groups (broad SMARTS) is 1. The van der Waals surface area contributed by atoms with E-state index in [1.807, 2.05) is 13.0 Å². The van der Waals surface area contributed by atoms with Crippen LogP contribution in [0.1, 0.15) is 116 Å². The van der Waals surface area contributed by atoms with Crippen LogP contribution < -0.4 is 52.8 Å². The number of amides is 7. The van der Waals surface area contributed by atoms with Crippen molar-refractivity contribution in [3.63, 3.8) is 0 Å². The molecular weight excluding hydrogens is 1550 g/mol. The number of rotatable bonds is 40. The van der Waals surface area contributed by atoms with Gasteiger partial charge < -0.3 is 91.2 Å². The third-order valence-electron chi connectivity index (χ3n) is 17.9. The van der Waals surface area contributed by atoms with Gasteiger partial charge in [-0.1, -0.05) is 80.5 Å². The summed E-state index contributed by atoms with van der Waals surface area (Å²) in [5.41, 5.74) is 10.3. The number of nitrogens with zero attached hydrogens (tertiary/aromatic N) is 8. The number of unbranched alkanes of at least 4 members (excludes halogenated alkanes) is 1. The van der Waals surface area contributed by atoms with E-state index >= 15 is 0 Å². The number of hydrogen-bond donors (Lipinski definition) is 10. The number of epoxide rings is 1. The van der Waals surface area contributed by atoms with Crippen LogP contribution in [0, 0.1) is 5.92 Å². The summed E-state index contributed by atoms with van der Waals surface area (Å²) in [6, 6.07) is -2.81. The normalized spacial score (nSPS) is 22.0. The number of aliphatic carboxylic acids is 1. The Kier molecular flexibility index (Phi) is 34.6. The van der Waals surface area contributed by atoms with E-state index in [1.54, 1.807) is 44.3 Å². The molecule has 3 aliphatic heterocycles. The molecule has 6 rings (SSSR count). The molecule has 110 heavy (non-hydrogen) atoms. The standard InChI is InChI=1S/C66H93ClN16O23S4/c1-36-14-11-17-47(101-8)66(97)29-46(104-55(92)30-66)37(2)57-65(4,106-57)48(28-53(89)82(6)44-25-39(24-36)26-45(100-7)56(44)67)105-61(96)38(3)81(5)52(88)20-23-107-108-33-51(103-35-85)76-60(95)43(32-102-34-84)74-58(93)41(16-13-21-71-62(68)69)73-59(94)42(27-54(90)91)72-49(86)18-9-10-22-83-31-40(77-80-83)15-12-19-50(87)75-63-78-79-64(109-63)110(70,98)99/h11,14,17,25-26,31,34-35,37-38,41-43,46-48,51,57,97H,9-10,12-13,15-16,18-24,27-30,32-33H2,1-8H3,(H,72,86)(H,73,94)(H,74,93)(H,76,95)(H,90,91)(H4,68,69,71)(H2,70,98,99)(H,75,78,87)/b17-11+,36-14+/t37-,38+,41+,42+,43+,46+,47-,48+,51-,57+,65-,66-/m1/s1. The molecule has 2 aromatic heterocycles. The summed E-state index contributed by atoms with van der Waals surface area (Å²) in [6.45, 7) is 6.13. The van der Waals surface area contributed by atoms with Crippen molar-refractivity contribution >= 4 is 144 Å². The van der Waals surface area contributed by atoms with Crippen molar-refractivity contribution in [3.8, 4) is 5.75 Å². The average Bonchev–Trinajstić information content (AvgIpc) is 1.57. The van der Waals surface area contributed by atoms with Crippen LogP contribution in [0.25, 0.3) is 0 Å². The van der Waals surface area contributed by atoms with Gasteiger partial charge in [0, 0.05) is 77.8 Å². The van der Waals surface area contributed by atoms with E-state index in [9.17, 15) is 76.2 Å². The van der Waals surface area contributed by atoms with Crippen LogP contribution in [0.2, 0.25) is 5.02 Å². The van der Waals surface area contributed by atoms with E-state index in [-0.39, 0.29) is 104 Å². The van der Waals surface area contributed by atoms with Gasteiger partial charge in [-0.2, -0.15) is 0 Å². The number of guanidine groups is 1. The lowest BCUT2D eigenvalue weighted by Gasteiger charge is -2.41. The topological polar surface area (TPSA) is 561 Å². The summed E-state index contributed by atoms with van der Waals surface area (Å²) < 4.78 is 63.6. The average molecular weight is 1640 g/mol. The second-order valence-corrected chi connectivity index (χ2v) is 32.0. The fourth-order valence-electron chi connectivity index (χ4n) is 11.8. The maximum atomic E-state index is 14.5. The lowest BCUT2D eigenvalue weighted by molar-refractivity contribution is -0.187. The molecule has 0 radical (unpaired) electrons. The summed E-state index contributed by atoms with van der Waals surface area (Å²) in [7, 11) is 3.78. The fourth-order valence-corrected chi connectivity index (χ4v) is 15.5. The minimum Gasteiger partial charge on any atom is -0.495 e. The first kappa shape index (κ1) is 89.8. The van der Waals surface area contributed by atoms with Crippen molar-refractivity contribution in [3.05, 3.63) is 58.4 Å². The number of benzene rings is 1. The van der Waals surface area contributed by atoms with Gasteiger partial charge in [0.1, 0.15) is 71.1 Å². The molecule has 13 N–H and O–H groups in total. The van der Waals surface area contributed by atoms with E-state index in [1.165, 1.54) is 44.8 Å². The third-order valence-corrected chi connectivity index (χ3v) is 22.9. The molecule has 0 aliphatic carbocycles. The first-order valence-corrected chi connectivity index (χ1v) is 39.7. The second kappa shape index (κ2) is 42.3. The zero-order valence-electron chi connectivity index (χ0n) is 61.6. The highest BCUT2D eigenvalue weighted by molar-refractivity contribution is 8.76.